The molecule has 2 nitrogen and oxygen atoms in total. The van der Waals surface area contributed by atoms with E-state index in [4.69, 9.17) is 5.41 Å². The van der Waals surface area contributed by atoms with E-state index in [0.29, 0.717) is 0 Å². The van der Waals surface area contributed by atoms with Crippen molar-refractivity contribution < 1.29 is 0 Å². The smallest absolute Gasteiger partial charge is 0.0817 e. The van der Waals surface area contributed by atoms with Gasteiger partial charge in [-0.2, -0.15) is 0 Å². The van der Waals surface area contributed by atoms with Crippen LogP contribution >= 0.6 is 0 Å². The first-order valence-electron chi connectivity index (χ1n) is 3.90. The molecule has 0 spiro atoms. The Morgan fingerprint density at radius 3 is 2.50 bits per heavy atom. The topological polar surface area (TPSA) is 27.1 Å². The van der Waals surface area contributed by atoms with Crippen molar-refractivity contribution in [2.45, 2.75) is 19.3 Å². The first kappa shape index (κ1) is 7.58. The van der Waals surface area contributed by atoms with Crippen LogP contribution in [0.4, 0.5) is 0 Å². The van der Waals surface area contributed by atoms with E-state index in [2.05, 4.69) is 11.8 Å². The van der Waals surface area contributed by atoms with E-state index in [9.17, 15) is 0 Å². The van der Waals surface area contributed by atoms with Crippen LogP contribution in [-0.4, -0.2) is 24.3 Å². The van der Waals surface area contributed by atoms with Crippen LogP contribution < -0.4 is 0 Å². The fourth-order valence-electron chi connectivity index (χ4n) is 1.37. The highest BCUT2D eigenvalue weighted by molar-refractivity contribution is 5.50. The van der Waals surface area contributed by atoms with E-state index in [1.807, 2.05) is 0 Å². The summed E-state index contributed by atoms with van der Waals surface area (Å²) in [4.78, 5) is 2.06. The summed E-state index contributed by atoms with van der Waals surface area (Å²) in [7, 11) is 0. The SMILES string of the molecule is [CH2]CC1CCN(C=N)CC1. The van der Waals surface area contributed by atoms with Crippen LogP contribution in [-0.2, 0) is 0 Å². The fraction of sp³-hybridized carbons (Fsp3) is 0.750. The van der Waals surface area contributed by atoms with Crippen molar-refractivity contribution in [2.75, 3.05) is 13.1 Å². The molecule has 10 heavy (non-hydrogen) atoms. The Morgan fingerprint density at radius 1 is 1.50 bits per heavy atom. The first-order chi connectivity index (χ1) is 4.86. The van der Waals surface area contributed by atoms with Gasteiger partial charge >= 0.3 is 0 Å². The number of piperidine rings is 1. The van der Waals surface area contributed by atoms with Crippen molar-refractivity contribution in [3.05, 3.63) is 6.92 Å². The number of hydrogen-bond acceptors (Lipinski definition) is 1. The Bertz CT molecular complexity index is 104. The molecule has 57 valence electrons. The highest BCUT2D eigenvalue weighted by Gasteiger charge is 2.14. The van der Waals surface area contributed by atoms with Crippen LogP contribution in [0.3, 0.4) is 0 Å². The summed E-state index contributed by atoms with van der Waals surface area (Å²) in [5.41, 5.74) is 0. The molecule has 0 saturated carbocycles. The summed E-state index contributed by atoms with van der Waals surface area (Å²) >= 11 is 0. The number of hydrogen-bond donors (Lipinski definition) is 1. The molecule has 0 amide bonds. The maximum absolute atomic E-state index is 7.01. The highest BCUT2D eigenvalue weighted by atomic mass is 15.1. The zero-order valence-corrected chi connectivity index (χ0v) is 6.34. The molecule has 2 heteroatoms. The third-order valence-corrected chi connectivity index (χ3v) is 2.24. The molecule has 0 aromatic heterocycles. The quantitative estimate of drug-likeness (QED) is 0.456. The maximum atomic E-state index is 7.01. The Hall–Kier alpha value is -0.530. The van der Waals surface area contributed by atoms with Gasteiger partial charge in [-0.15, -0.1) is 0 Å². The molecule has 0 aromatic carbocycles. The van der Waals surface area contributed by atoms with Crippen LogP contribution in [0.1, 0.15) is 19.3 Å². The number of rotatable bonds is 2. The molecule has 1 aliphatic heterocycles. The Kier molecular flexibility index (Phi) is 2.72. The Morgan fingerprint density at radius 2 is 2.10 bits per heavy atom. The Balaban J connectivity index is 2.23. The molecule has 1 rings (SSSR count). The third-order valence-electron chi connectivity index (χ3n) is 2.24. The molecule has 0 bridgehead atoms. The van der Waals surface area contributed by atoms with E-state index in [1.165, 1.54) is 19.2 Å². The summed E-state index contributed by atoms with van der Waals surface area (Å²) in [6.45, 7) is 6.00. The lowest BCUT2D eigenvalue weighted by Crippen LogP contribution is -2.31. The van der Waals surface area contributed by atoms with Gasteiger partial charge in [0.25, 0.3) is 0 Å². The predicted octanol–water partition coefficient (Wildman–Crippen LogP) is 1.53. The zero-order chi connectivity index (χ0) is 7.40. The summed E-state index contributed by atoms with van der Waals surface area (Å²) in [6, 6.07) is 0. The average Bonchev–Trinajstić information content (AvgIpc) is 2.05. The van der Waals surface area contributed by atoms with Gasteiger partial charge in [0.05, 0.1) is 6.34 Å². The Labute approximate surface area is 62.7 Å². The van der Waals surface area contributed by atoms with Crippen LogP contribution in [0, 0.1) is 18.3 Å². The number of nitrogens with zero attached hydrogens (tertiary/aromatic N) is 1. The van der Waals surface area contributed by atoms with Gasteiger partial charge in [-0.1, -0.05) is 13.3 Å². The molecular weight excluding hydrogens is 124 g/mol. The van der Waals surface area contributed by atoms with Gasteiger partial charge in [0, 0.05) is 13.1 Å². The van der Waals surface area contributed by atoms with Gasteiger partial charge in [-0.25, -0.2) is 0 Å². The molecule has 0 unspecified atom stereocenters. The molecule has 1 N–H and O–H groups in total. The van der Waals surface area contributed by atoms with E-state index in [0.717, 1.165) is 25.4 Å². The van der Waals surface area contributed by atoms with Crippen LogP contribution in [0.25, 0.3) is 0 Å². The van der Waals surface area contributed by atoms with Gasteiger partial charge < -0.3 is 4.90 Å². The van der Waals surface area contributed by atoms with Crippen LogP contribution in [0.2, 0.25) is 0 Å². The van der Waals surface area contributed by atoms with Crippen molar-refractivity contribution in [1.29, 1.82) is 5.41 Å². The second kappa shape index (κ2) is 3.59. The lowest BCUT2D eigenvalue weighted by molar-refractivity contribution is 0.272. The molecule has 0 atom stereocenters. The molecule has 1 fully saturated rings. The largest absolute Gasteiger partial charge is 0.363 e. The van der Waals surface area contributed by atoms with E-state index >= 15 is 0 Å². The van der Waals surface area contributed by atoms with Crippen LogP contribution in [0.5, 0.6) is 0 Å². The summed E-state index contributed by atoms with van der Waals surface area (Å²) in [6.07, 6.45) is 4.95. The monoisotopic (exact) mass is 139 g/mol. The van der Waals surface area contributed by atoms with Crippen molar-refractivity contribution >= 4 is 6.34 Å². The van der Waals surface area contributed by atoms with Crippen molar-refractivity contribution in [1.82, 2.24) is 4.90 Å². The minimum atomic E-state index is 0.816. The lowest BCUT2D eigenvalue weighted by Gasteiger charge is -2.29. The third kappa shape index (κ3) is 1.72. The summed E-state index contributed by atoms with van der Waals surface area (Å²) in [5.74, 6) is 0.816. The minimum Gasteiger partial charge on any atom is -0.363 e. The number of likely N-dealkylation sites (tertiary alicyclic amines) is 1. The maximum Gasteiger partial charge on any atom is 0.0817 e. The van der Waals surface area contributed by atoms with Gasteiger partial charge in [-0.3, -0.25) is 5.41 Å². The molecule has 1 heterocycles. The van der Waals surface area contributed by atoms with E-state index < -0.39 is 0 Å². The van der Waals surface area contributed by atoms with E-state index in [-0.39, 0.29) is 0 Å². The average molecular weight is 139 g/mol. The van der Waals surface area contributed by atoms with Crippen molar-refractivity contribution in [3.63, 3.8) is 0 Å². The summed E-state index contributed by atoms with van der Waals surface area (Å²) < 4.78 is 0. The zero-order valence-electron chi connectivity index (χ0n) is 6.34. The van der Waals surface area contributed by atoms with Crippen LogP contribution in [0.15, 0.2) is 0 Å². The highest BCUT2D eigenvalue weighted by Crippen LogP contribution is 2.18. The number of nitrogens with one attached hydrogen (secondary N) is 1. The van der Waals surface area contributed by atoms with E-state index in [1.54, 1.807) is 0 Å². The molecule has 0 aliphatic carbocycles. The van der Waals surface area contributed by atoms with Gasteiger partial charge in [0.15, 0.2) is 0 Å². The summed E-state index contributed by atoms with van der Waals surface area (Å²) in [5, 5.41) is 7.01. The minimum absolute atomic E-state index is 0.816. The van der Waals surface area contributed by atoms with Gasteiger partial charge in [0.2, 0.25) is 0 Å². The lowest BCUT2D eigenvalue weighted by atomic mass is 9.95. The second-order valence-corrected chi connectivity index (χ2v) is 2.90. The standard InChI is InChI=1S/C8H15N2/c1-2-8-3-5-10(7-9)6-4-8/h7-9H,1-6H2. The molecule has 1 saturated heterocycles. The van der Waals surface area contributed by atoms with Crippen molar-refractivity contribution in [2.24, 2.45) is 5.92 Å². The second-order valence-electron chi connectivity index (χ2n) is 2.90. The predicted molar refractivity (Wildman–Crippen MR) is 43.1 cm³/mol. The molecule has 1 radical (unpaired) electrons. The molecule has 0 aromatic rings. The van der Waals surface area contributed by atoms with Crippen molar-refractivity contribution in [3.8, 4) is 0 Å². The molecule has 1 aliphatic rings. The van der Waals surface area contributed by atoms with Gasteiger partial charge in [0.1, 0.15) is 0 Å². The fourth-order valence-corrected chi connectivity index (χ4v) is 1.37. The van der Waals surface area contributed by atoms with Gasteiger partial charge in [-0.05, 0) is 18.8 Å². The first-order valence-corrected chi connectivity index (χ1v) is 3.90. The molecular formula is C8H15N2. The normalized spacial score (nSPS) is 21.1.